The summed E-state index contributed by atoms with van der Waals surface area (Å²) in [6, 6.07) is 4.61. The number of hydrogen-bond donors (Lipinski definition) is 1. The topological polar surface area (TPSA) is 42.7 Å². The lowest BCUT2D eigenvalue weighted by molar-refractivity contribution is 0.556. The lowest BCUT2D eigenvalue weighted by Crippen LogP contribution is -2.20. The number of nitrogens with zero attached hydrogens (tertiary/aromatic N) is 3. The fraction of sp³-hybridized carbons (Fsp3) is 0.333. The summed E-state index contributed by atoms with van der Waals surface area (Å²) in [6.07, 6.45) is 1.85. The molecule has 4 nitrogen and oxygen atoms in total. The summed E-state index contributed by atoms with van der Waals surface area (Å²) >= 11 is 3.62. The van der Waals surface area contributed by atoms with E-state index in [0.717, 1.165) is 12.2 Å². The minimum atomic E-state index is 0.171. The monoisotopic (exact) mass is 278 g/mol. The zero-order chi connectivity index (χ0) is 12.5. The van der Waals surface area contributed by atoms with E-state index in [2.05, 4.69) is 40.1 Å². The van der Waals surface area contributed by atoms with Crippen molar-refractivity contribution in [3.05, 3.63) is 34.3 Å². The minimum Gasteiger partial charge on any atom is -0.307 e. The van der Waals surface area contributed by atoms with E-state index < -0.39 is 0 Å². The molecule has 6 heteroatoms. The molecule has 18 heavy (non-hydrogen) atoms. The van der Waals surface area contributed by atoms with Crippen LogP contribution >= 0.6 is 22.7 Å². The number of nitrogens with one attached hydrogen (secondary N) is 1. The molecule has 94 valence electrons. The first-order valence-corrected chi connectivity index (χ1v) is 7.55. The van der Waals surface area contributed by atoms with Crippen LogP contribution in [0.25, 0.3) is 9.40 Å². The lowest BCUT2D eigenvalue weighted by atomic mass is 10.2. The van der Waals surface area contributed by atoms with Crippen molar-refractivity contribution in [3.63, 3.8) is 0 Å². The summed E-state index contributed by atoms with van der Waals surface area (Å²) < 4.78 is 4.64. The van der Waals surface area contributed by atoms with Crippen LogP contribution in [-0.2, 0) is 6.54 Å². The Bertz CT molecular complexity index is 623. The van der Waals surface area contributed by atoms with Crippen LogP contribution in [0.5, 0.6) is 0 Å². The molecule has 0 amide bonds. The van der Waals surface area contributed by atoms with Gasteiger partial charge in [-0.1, -0.05) is 5.21 Å². The van der Waals surface area contributed by atoms with Crippen molar-refractivity contribution in [1.82, 2.24) is 20.3 Å². The van der Waals surface area contributed by atoms with E-state index in [1.807, 2.05) is 29.3 Å². The van der Waals surface area contributed by atoms with Crippen molar-refractivity contribution in [2.75, 3.05) is 7.05 Å². The molecule has 3 rings (SSSR count). The smallest absolute Gasteiger partial charge is 0.0856 e. The zero-order valence-electron chi connectivity index (χ0n) is 10.3. The summed E-state index contributed by atoms with van der Waals surface area (Å²) in [6.45, 7) is 2.92. The van der Waals surface area contributed by atoms with Gasteiger partial charge in [-0.25, -0.2) is 4.68 Å². The quantitative estimate of drug-likeness (QED) is 0.798. The maximum absolute atomic E-state index is 4.10. The number of hydrogen-bond acceptors (Lipinski definition) is 5. The Morgan fingerprint density at radius 1 is 1.44 bits per heavy atom. The third-order valence-electron chi connectivity index (χ3n) is 2.97. The van der Waals surface area contributed by atoms with Gasteiger partial charge >= 0.3 is 0 Å². The second kappa shape index (κ2) is 4.79. The summed E-state index contributed by atoms with van der Waals surface area (Å²) in [5, 5.41) is 13.6. The molecule has 1 unspecified atom stereocenters. The first-order chi connectivity index (χ1) is 8.83. The average Bonchev–Trinajstić information content (AvgIpc) is 3.03. The summed E-state index contributed by atoms with van der Waals surface area (Å²) in [4.78, 5) is 1.32. The second-order valence-corrected chi connectivity index (χ2v) is 6.06. The Labute approximate surface area is 113 Å². The maximum atomic E-state index is 4.10. The predicted molar refractivity (Wildman–Crippen MR) is 76.3 cm³/mol. The fourth-order valence-electron chi connectivity index (χ4n) is 2.10. The normalized spacial score (nSPS) is 13.2. The van der Waals surface area contributed by atoms with Crippen LogP contribution in [-0.4, -0.2) is 22.0 Å². The fourth-order valence-corrected chi connectivity index (χ4v) is 4.34. The molecule has 0 aliphatic rings. The van der Waals surface area contributed by atoms with Crippen LogP contribution in [0.3, 0.4) is 0 Å². The third kappa shape index (κ3) is 1.86. The van der Waals surface area contributed by atoms with Crippen molar-refractivity contribution in [1.29, 1.82) is 0 Å². The molecule has 0 spiro atoms. The number of thiophene rings is 2. The molecule has 3 aromatic heterocycles. The van der Waals surface area contributed by atoms with Crippen molar-refractivity contribution in [3.8, 4) is 0 Å². The highest BCUT2D eigenvalue weighted by atomic mass is 32.1. The van der Waals surface area contributed by atoms with Crippen LogP contribution < -0.4 is 5.32 Å². The molecule has 0 bridgehead atoms. The first-order valence-electron chi connectivity index (χ1n) is 5.86. The molecule has 0 saturated carbocycles. The molecule has 0 radical (unpaired) electrons. The van der Waals surface area contributed by atoms with E-state index in [0.29, 0.717) is 0 Å². The molecule has 0 fully saturated rings. The van der Waals surface area contributed by atoms with Crippen LogP contribution in [0.15, 0.2) is 23.7 Å². The van der Waals surface area contributed by atoms with E-state index in [-0.39, 0.29) is 6.04 Å². The van der Waals surface area contributed by atoms with Gasteiger partial charge in [-0.3, -0.25) is 0 Å². The standard InChI is InChI=1S/C12H14N4S2/c1-3-16-8(7-14-15-16)12(13-2)11-6-10-9(18-11)4-5-17-10/h4-7,12-13H,3H2,1-2H3. The van der Waals surface area contributed by atoms with E-state index in [4.69, 9.17) is 0 Å². The van der Waals surface area contributed by atoms with Gasteiger partial charge in [-0.15, -0.1) is 27.8 Å². The molecule has 0 aliphatic heterocycles. The Balaban J connectivity index is 2.04. The summed E-state index contributed by atoms with van der Waals surface area (Å²) in [7, 11) is 1.98. The summed E-state index contributed by atoms with van der Waals surface area (Å²) in [5.41, 5.74) is 1.12. The Kier molecular flexibility index (Phi) is 3.15. The molecule has 3 aromatic rings. The van der Waals surface area contributed by atoms with Crippen LogP contribution in [0.2, 0.25) is 0 Å². The Morgan fingerprint density at radius 3 is 3.06 bits per heavy atom. The average molecular weight is 278 g/mol. The van der Waals surface area contributed by atoms with Gasteiger partial charge in [0.2, 0.25) is 0 Å². The van der Waals surface area contributed by atoms with E-state index in [1.165, 1.54) is 14.3 Å². The first kappa shape index (κ1) is 11.8. The Hall–Kier alpha value is -1.24. The second-order valence-electron chi connectivity index (χ2n) is 3.99. The lowest BCUT2D eigenvalue weighted by Gasteiger charge is -2.14. The van der Waals surface area contributed by atoms with E-state index in [9.17, 15) is 0 Å². The molecule has 0 aliphatic carbocycles. The third-order valence-corrected chi connectivity index (χ3v) is 5.13. The van der Waals surface area contributed by atoms with Crippen LogP contribution in [0.4, 0.5) is 0 Å². The van der Waals surface area contributed by atoms with Gasteiger partial charge in [-0.05, 0) is 31.5 Å². The van der Waals surface area contributed by atoms with Gasteiger partial charge in [0.1, 0.15) is 0 Å². The highest BCUT2D eigenvalue weighted by Gasteiger charge is 2.19. The summed E-state index contributed by atoms with van der Waals surface area (Å²) in [5.74, 6) is 0. The number of aryl methyl sites for hydroxylation is 1. The molecule has 1 atom stereocenters. The number of rotatable bonds is 4. The highest BCUT2D eigenvalue weighted by Crippen LogP contribution is 2.35. The van der Waals surface area contributed by atoms with Gasteiger partial charge in [0.25, 0.3) is 0 Å². The van der Waals surface area contributed by atoms with Crippen molar-refractivity contribution < 1.29 is 0 Å². The number of aromatic nitrogens is 3. The van der Waals surface area contributed by atoms with Gasteiger partial charge in [-0.2, -0.15) is 0 Å². The zero-order valence-corrected chi connectivity index (χ0v) is 11.9. The SMILES string of the molecule is CCn1nncc1C(NC)c1cc2sccc2s1. The molecular formula is C12H14N4S2. The molecular weight excluding hydrogens is 264 g/mol. The highest BCUT2D eigenvalue weighted by molar-refractivity contribution is 7.27. The van der Waals surface area contributed by atoms with Gasteiger partial charge in [0, 0.05) is 20.8 Å². The molecule has 3 heterocycles. The van der Waals surface area contributed by atoms with Crippen molar-refractivity contribution in [2.24, 2.45) is 0 Å². The maximum Gasteiger partial charge on any atom is 0.0856 e. The molecule has 0 aromatic carbocycles. The molecule has 1 N–H and O–H groups in total. The minimum absolute atomic E-state index is 0.171. The van der Waals surface area contributed by atoms with Gasteiger partial charge < -0.3 is 5.32 Å². The Morgan fingerprint density at radius 2 is 2.33 bits per heavy atom. The number of fused-ring (bicyclic) bond motifs is 1. The van der Waals surface area contributed by atoms with Crippen molar-refractivity contribution >= 4 is 32.1 Å². The largest absolute Gasteiger partial charge is 0.307 e. The van der Waals surface area contributed by atoms with Gasteiger partial charge in [0.15, 0.2) is 0 Å². The van der Waals surface area contributed by atoms with E-state index >= 15 is 0 Å². The van der Waals surface area contributed by atoms with Gasteiger partial charge in [0.05, 0.1) is 17.9 Å². The van der Waals surface area contributed by atoms with E-state index in [1.54, 1.807) is 11.3 Å². The van der Waals surface area contributed by atoms with Crippen molar-refractivity contribution in [2.45, 2.75) is 19.5 Å². The van der Waals surface area contributed by atoms with Crippen LogP contribution in [0.1, 0.15) is 23.5 Å². The van der Waals surface area contributed by atoms with Crippen LogP contribution in [0, 0.1) is 0 Å². The molecule has 0 saturated heterocycles. The predicted octanol–water partition coefficient (Wildman–Crippen LogP) is 2.88.